The summed E-state index contributed by atoms with van der Waals surface area (Å²) in [6.07, 6.45) is 0.122. The van der Waals surface area contributed by atoms with Crippen molar-refractivity contribution in [2.75, 3.05) is 13.1 Å². The molecule has 1 saturated heterocycles. The van der Waals surface area contributed by atoms with E-state index in [1.54, 1.807) is 17.0 Å². The standard InChI is InChI=1S/C19H28FN3O3/c1-19(2,3)16(21)17(24)22-10-8-15(9-11-22)23(18(25)26)12-13-4-6-14(20)7-5-13/h4-7,15-16H,8-12,21H2,1-3H3,(H,25,26)/t16-/m1/s1. The zero-order valence-corrected chi connectivity index (χ0v) is 15.6. The molecule has 2 amide bonds. The monoisotopic (exact) mass is 365 g/mol. The van der Waals surface area contributed by atoms with Crippen molar-refractivity contribution in [2.24, 2.45) is 11.1 Å². The number of hydrogen-bond acceptors (Lipinski definition) is 3. The van der Waals surface area contributed by atoms with Crippen molar-refractivity contribution in [3.05, 3.63) is 35.6 Å². The van der Waals surface area contributed by atoms with E-state index < -0.39 is 12.1 Å². The van der Waals surface area contributed by atoms with Crippen LogP contribution in [0, 0.1) is 11.2 Å². The number of likely N-dealkylation sites (tertiary alicyclic amines) is 1. The van der Waals surface area contributed by atoms with E-state index in [-0.39, 0.29) is 29.7 Å². The third kappa shape index (κ3) is 4.94. The summed E-state index contributed by atoms with van der Waals surface area (Å²) in [5.74, 6) is -0.436. The van der Waals surface area contributed by atoms with E-state index in [1.165, 1.54) is 17.0 Å². The van der Waals surface area contributed by atoms with E-state index in [2.05, 4.69) is 0 Å². The Bertz CT molecular complexity index is 634. The van der Waals surface area contributed by atoms with Crippen LogP contribution in [-0.4, -0.2) is 52.1 Å². The molecule has 0 radical (unpaired) electrons. The van der Waals surface area contributed by atoms with Crippen LogP contribution in [0.1, 0.15) is 39.2 Å². The molecule has 1 aromatic carbocycles. The van der Waals surface area contributed by atoms with Crippen LogP contribution in [-0.2, 0) is 11.3 Å². The number of benzene rings is 1. The van der Waals surface area contributed by atoms with Gasteiger partial charge in [0.1, 0.15) is 5.82 Å². The van der Waals surface area contributed by atoms with Gasteiger partial charge in [-0.2, -0.15) is 0 Å². The molecule has 144 valence electrons. The highest BCUT2D eigenvalue weighted by atomic mass is 19.1. The number of hydrogen-bond donors (Lipinski definition) is 2. The first-order chi connectivity index (χ1) is 12.1. The molecular weight excluding hydrogens is 337 g/mol. The molecule has 2 rings (SSSR count). The van der Waals surface area contributed by atoms with Crippen LogP contribution in [0.3, 0.4) is 0 Å². The lowest BCUT2D eigenvalue weighted by molar-refractivity contribution is -0.136. The molecule has 26 heavy (non-hydrogen) atoms. The number of nitrogens with zero attached hydrogens (tertiary/aromatic N) is 2. The van der Waals surface area contributed by atoms with Crippen LogP contribution in [0.25, 0.3) is 0 Å². The van der Waals surface area contributed by atoms with Gasteiger partial charge in [-0.05, 0) is 36.0 Å². The van der Waals surface area contributed by atoms with Crippen molar-refractivity contribution in [3.8, 4) is 0 Å². The van der Waals surface area contributed by atoms with E-state index in [1.807, 2.05) is 20.8 Å². The van der Waals surface area contributed by atoms with Gasteiger partial charge in [0.05, 0.1) is 6.04 Å². The van der Waals surface area contributed by atoms with Crippen LogP contribution in [0.2, 0.25) is 0 Å². The third-order valence-corrected chi connectivity index (χ3v) is 4.93. The first-order valence-electron chi connectivity index (χ1n) is 8.88. The first kappa shape index (κ1) is 20.2. The Morgan fingerprint density at radius 2 is 1.81 bits per heavy atom. The quantitative estimate of drug-likeness (QED) is 0.859. The lowest BCUT2D eigenvalue weighted by Crippen LogP contribution is -2.54. The second-order valence-electron chi connectivity index (χ2n) is 7.94. The van der Waals surface area contributed by atoms with Gasteiger partial charge in [-0.3, -0.25) is 4.79 Å². The van der Waals surface area contributed by atoms with Gasteiger partial charge >= 0.3 is 6.09 Å². The summed E-state index contributed by atoms with van der Waals surface area (Å²) in [7, 11) is 0. The van der Waals surface area contributed by atoms with E-state index in [9.17, 15) is 19.1 Å². The topological polar surface area (TPSA) is 86.9 Å². The number of amides is 2. The number of rotatable bonds is 4. The van der Waals surface area contributed by atoms with Crippen LogP contribution in [0.15, 0.2) is 24.3 Å². The van der Waals surface area contributed by atoms with Crippen LogP contribution in [0.4, 0.5) is 9.18 Å². The van der Waals surface area contributed by atoms with Gasteiger partial charge in [-0.25, -0.2) is 9.18 Å². The lowest BCUT2D eigenvalue weighted by atomic mass is 9.86. The molecule has 3 N–H and O–H groups in total. The highest BCUT2D eigenvalue weighted by Crippen LogP contribution is 2.23. The molecule has 0 spiro atoms. The molecule has 1 aliphatic rings. The van der Waals surface area contributed by atoms with Gasteiger partial charge in [-0.15, -0.1) is 0 Å². The van der Waals surface area contributed by atoms with Crippen molar-refractivity contribution in [2.45, 2.75) is 52.2 Å². The molecule has 1 atom stereocenters. The second kappa shape index (κ2) is 8.03. The Labute approximate surface area is 153 Å². The zero-order valence-electron chi connectivity index (χ0n) is 15.6. The number of carbonyl (C=O) groups is 2. The molecule has 0 aliphatic carbocycles. The van der Waals surface area contributed by atoms with Crippen molar-refractivity contribution in [3.63, 3.8) is 0 Å². The normalized spacial score (nSPS) is 17.0. The minimum atomic E-state index is -1.01. The Morgan fingerprint density at radius 3 is 2.27 bits per heavy atom. The zero-order chi connectivity index (χ0) is 19.5. The van der Waals surface area contributed by atoms with E-state index in [0.29, 0.717) is 25.9 Å². The molecule has 0 unspecified atom stereocenters. The average Bonchev–Trinajstić information content (AvgIpc) is 2.59. The molecule has 0 saturated carbocycles. The predicted molar refractivity (Wildman–Crippen MR) is 97.0 cm³/mol. The molecule has 7 heteroatoms. The van der Waals surface area contributed by atoms with Gasteiger partial charge < -0.3 is 20.6 Å². The Hall–Kier alpha value is -2.15. The van der Waals surface area contributed by atoms with E-state index in [4.69, 9.17) is 5.73 Å². The maximum atomic E-state index is 13.0. The molecular formula is C19H28FN3O3. The molecule has 1 aromatic rings. The van der Waals surface area contributed by atoms with E-state index in [0.717, 1.165) is 5.56 Å². The van der Waals surface area contributed by atoms with Crippen molar-refractivity contribution in [1.82, 2.24) is 9.80 Å². The summed E-state index contributed by atoms with van der Waals surface area (Å²) >= 11 is 0. The van der Waals surface area contributed by atoms with Crippen molar-refractivity contribution < 1.29 is 19.1 Å². The maximum Gasteiger partial charge on any atom is 0.407 e. The minimum absolute atomic E-state index is 0.0867. The highest BCUT2D eigenvalue weighted by Gasteiger charge is 2.35. The van der Waals surface area contributed by atoms with E-state index >= 15 is 0 Å². The molecule has 1 fully saturated rings. The number of carboxylic acid groups (broad SMARTS) is 1. The smallest absolute Gasteiger partial charge is 0.407 e. The Balaban J connectivity index is 1.98. The minimum Gasteiger partial charge on any atom is -0.465 e. The fourth-order valence-corrected chi connectivity index (χ4v) is 3.10. The highest BCUT2D eigenvalue weighted by molar-refractivity contribution is 5.82. The van der Waals surface area contributed by atoms with Crippen LogP contribution < -0.4 is 5.73 Å². The molecule has 1 aliphatic heterocycles. The summed E-state index contributed by atoms with van der Waals surface area (Å²) < 4.78 is 13.0. The lowest BCUT2D eigenvalue weighted by Gasteiger charge is -2.39. The summed E-state index contributed by atoms with van der Waals surface area (Å²) in [4.78, 5) is 27.3. The number of piperidine rings is 1. The fraction of sp³-hybridized carbons (Fsp3) is 0.579. The van der Waals surface area contributed by atoms with Gasteiger partial charge in [0.2, 0.25) is 5.91 Å². The number of carbonyl (C=O) groups excluding carboxylic acids is 1. The second-order valence-corrected chi connectivity index (χ2v) is 7.94. The summed E-state index contributed by atoms with van der Waals surface area (Å²) in [5.41, 5.74) is 6.48. The van der Waals surface area contributed by atoms with Gasteiger partial charge in [0.15, 0.2) is 0 Å². The molecule has 6 nitrogen and oxygen atoms in total. The SMILES string of the molecule is CC(C)(C)[C@H](N)C(=O)N1CCC(N(Cc2ccc(F)cc2)C(=O)O)CC1. The third-order valence-electron chi connectivity index (χ3n) is 4.93. The van der Waals surface area contributed by atoms with Crippen LogP contribution in [0.5, 0.6) is 0 Å². The molecule has 0 aromatic heterocycles. The first-order valence-corrected chi connectivity index (χ1v) is 8.88. The van der Waals surface area contributed by atoms with Crippen LogP contribution >= 0.6 is 0 Å². The van der Waals surface area contributed by atoms with Crippen molar-refractivity contribution >= 4 is 12.0 Å². The van der Waals surface area contributed by atoms with Gasteiger partial charge in [0, 0.05) is 25.7 Å². The summed E-state index contributed by atoms with van der Waals surface area (Å²) in [5, 5.41) is 9.56. The summed E-state index contributed by atoms with van der Waals surface area (Å²) in [6.45, 7) is 6.96. The average molecular weight is 365 g/mol. The fourth-order valence-electron chi connectivity index (χ4n) is 3.10. The predicted octanol–water partition coefficient (Wildman–Crippen LogP) is 2.67. The van der Waals surface area contributed by atoms with Crippen molar-refractivity contribution in [1.29, 1.82) is 0 Å². The Morgan fingerprint density at radius 1 is 1.27 bits per heavy atom. The number of nitrogens with two attached hydrogens (primary N) is 1. The molecule has 1 heterocycles. The largest absolute Gasteiger partial charge is 0.465 e. The Kier molecular flexibility index (Phi) is 6.23. The van der Waals surface area contributed by atoms with Gasteiger partial charge in [-0.1, -0.05) is 32.9 Å². The molecule has 0 bridgehead atoms. The van der Waals surface area contributed by atoms with Gasteiger partial charge in [0.25, 0.3) is 0 Å². The maximum absolute atomic E-state index is 13.0. The summed E-state index contributed by atoms with van der Waals surface area (Å²) in [6, 6.07) is 5.08. The number of halogens is 1.